The summed E-state index contributed by atoms with van der Waals surface area (Å²) in [5.41, 5.74) is 1.21. The maximum absolute atomic E-state index is 9.38. The summed E-state index contributed by atoms with van der Waals surface area (Å²) >= 11 is 3.41. The van der Waals surface area contributed by atoms with Gasteiger partial charge in [-0.3, -0.25) is 0 Å². The molecule has 18 heavy (non-hydrogen) atoms. The molecule has 1 heterocycles. The van der Waals surface area contributed by atoms with E-state index in [0.717, 1.165) is 16.7 Å². The van der Waals surface area contributed by atoms with Crippen LogP contribution >= 0.6 is 15.9 Å². The second kappa shape index (κ2) is 6.73. The summed E-state index contributed by atoms with van der Waals surface area (Å²) in [6.45, 7) is 0.707. The molecule has 0 spiro atoms. The Morgan fingerprint density at radius 3 is 2.61 bits per heavy atom. The number of hydrogen-bond donors (Lipinski definition) is 2. The molecule has 2 aromatic rings. The van der Waals surface area contributed by atoms with Gasteiger partial charge in [0, 0.05) is 6.04 Å². The van der Waals surface area contributed by atoms with Crippen LogP contribution in [0.3, 0.4) is 0 Å². The van der Waals surface area contributed by atoms with E-state index in [-0.39, 0.29) is 12.6 Å². The van der Waals surface area contributed by atoms with E-state index in [4.69, 9.17) is 4.42 Å². The molecule has 0 radical (unpaired) electrons. The molecule has 0 saturated heterocycles. The minimum Gasteiger partial charge on any atom is -0.467 e. The number of hydrogen-bond acceptors (Lipinski definition) is 3. The van der Waals surface area contributed by atoms with Gasteiger partial charge in [0.25, 0.3) is 0 Å². The Balaban J connectivity index is 1.88. The third kappa shape index (κ3) is 3.70. The average Bonchev–Trinajstić information content (AvgIpc) is 2.81. The van der Waals surface area contributed by atoms with E-state index in [0.29, 0.717) is 6.54 Å². The van der Waals surface area contributed by atoms with Crippen LogP contribution in [0.4, 0.5) is 0 Å². The first kappa shape index (κ1) is 13.3. The number of halogens is 1. The summed E-state index contributed by atoms with van der Waals surface area (Å²) in [5.74, 6) is 0.849. The van der Waals surface area contributed by atoms with Crippen molar-refractivity contribution in [3.05, 3.63) is 58.5 Å². The van der Waals surface area contributed by atoms with Crippen molar-refractivity contribution >= 4 is 15.9 Å². The van der Waals surface area contributed by atoms with Gasteiger partial charge in [-0.15, -0.1) is 0 Å². The SMILES string of the molecule is OC[C@H](Cc1ccccc1)NCc1occc1Br. The highest BCUT2D eigenvalue weighted by Crippen LogP contribution is 2.17. The molecule has 1 aromatic heterocycles. The Kier molecular flexibility index (Phi) is 4.99. The van der Waals surface area contributed by atoms with Gasteiger partial charge < -0.3 is 14.8 Å². The monoisotopic (exact) mass is 309 g/mol. The molecule has 3 nitrogen and oxygen atoms in total. The van der Waals surface area contributed by atoms with Crippen molar-refractivity contribution < 1.29 is 9.52 Å². The Bertz CT molecular complexity index is 470. The third-order valence-corrected chi connectivity index (χ3v) is 3.49. The quantitative estimate of drug-likeness (QED) is 0.862. The topological polar surface area (TPSA) is 45.4 Å². The van der Waals surface area contributed by atoms with Gasteiger partial charge in [0.1, 0.15) is 5.76 Å². The average molecular weight is 310 g/mol. The standard InChI is InChI=1S/C14H16BrNO2/c15-13-6-7-18-14(13)9-16-12(10-17)8-11-4-2-1-3-5-11/h1-7,12,16-17H,8-10H2/t12-/m0/s1. The predicted octanol–water partition coefficient (Wildman–Crippen LogP) is 2.74. The number of benzene rings is 1. The first-order chi connectivity index (χ1) is 8.79. The van der Waals surface area contributed by atoms with Gasteiger partial charge in [-0.25, -0.2) is 0 Å². The van der Waals surface area contributed by atoms with Crippen LogP contribution in [0, 0.1) is 0 Å². The molecule has 0 amide bonds. The molecule has 96 valence electrons. The lowest BCUT2D eigenvalue weighted by Gasteiger charge is -2.15. The van der Waals surface area contributed by atoms with Crippen LogP contribution in [0.2, 0.25) is 0 Å². The summed E-state index contributed by atoms with van der Waals surface area (Å²) in [5, 5.41) is 12.7. The van der Waals surface area contributed by atoms with E-state index in [1.165, 1.54) is 5.56 Å². The first-order valence-electron chi connectivity index (χ1n) is 5.89. The maximum Gasteiger partial charge on any atom is 0.131 e. The van der Waals surface area contributed by atoms with Gasteiger partial charge in [0.2, 0.25) is 0 Å². The van der Waals surface area contributed by atoms with Crippen LogP contribution < -0.4 is 5.32 Å². The van der Waals surface area contributed by atoms with Crippen LogP contribution in [0.5, 0.6) is 0 Å². The molecule has 0 bridgehead atoms. The van der Waals surface area contributed by atoms with Gasteiger partial charge in [-0.1, -0.05) is 30.3 Å². The van der Waals surface area contributed by atoms with Gasteiger partial charge in [0.15, 0.2) is 0 Å². The minimum absolute atomic E-state index is 0.0319. The zero-order chi connectivity index (χ0) is 12.8. The molecule has 0 aliphatic carbocycles. The molecule has 1 atom stereocenters. The van der Waals surface area contributed by atoms with Gasteiger partial charge in [-0.05, 0) is 34.0 Å². The summed E-state index contributed by atoms with van der Waals surface area (Å²) in [4.78, 5) is 0. The predicted molar refractivity (Wildman–Crippen MR) is 74.3 cm³/mol. The summed E-state index contributed by atoms with van der Waals surface area (Å²) in [7, 11) is 0. The van der Waals surface area contributed by atoms with Crippen molar-refractivity contribution in [1.82, 2.24) is 5.32 Å². The zero-order valence-corrected chi connectivity index (χ0v) is 11.6. The highest BCUT2D eigenvalue weighted by atomic mass is 79.9. The Morgan fingerprint density at radius 1 is 1.22 bits per heavy atom. The lowest BCUT2D eigenvalue weighted by molar-refractivity contribution is 0.238. The van der Waals surface area contributed by atoms with Gasteiger partial charge in [-0.2, -0.15) is 0 Å². The lowest BCUT2D eigenvalue weighted by atomic mass is 10.1. The summed E-state index contributed by atoms with van der Waals surface area (Å²) < 4.78 is 6.27. The van der Waals surface area contributed by atoms with Crippen LogP contribution in [0.25, 0.3) is 0 Å². The van der Waals surface area contributed by atoms with E-state index in [9.17, 15) is 5.11 Å². The number of rotatable bonds is 6. The normalized spacial score (nSPS) is 12.6. The number of furan rings is 1. The van der Waals surface area contributed by atoms with Gasteiger partial charge in [0.05, 0.1) is 23.9 Å². The van der Waals surface area contributed by atoms with Crippen molar-refractivity contribution in [2.45, 2.75) is 19.0 Å². The van der Waals surface area contributed by atoms with Crippen molar-refractivity contribution in [3.63, 3.8) is 0 Å². The molecular weight excluding hydrogens is 294 g/mol. The zero-order valence-electron chi connectivity index (χ0n) is 9.97. The minimum atomic E-state index is 0.0319. The van der Waals surface area contributed by atoms with Crippen LogP contribution in [0.15, 0.2) is 51.6 Å². The highest BCUT2D eigenvalue weighted by molar-refractivity contribution is 9.10. The number of aliphatic hydroxyl groups excluding tert-OH is 1. The van der Waals surface area contributed by atoms with Gasteiger partial charge >= 0.3 is 0 Å². The van der Waals surface area contributed by atoms with Crippen molar-refractivity contribution in [3.8, 4) is 0 Å². The molecule has 2 rings (SSSR count). The maximum atomic E-state index is 9.38. The molecule has 0 fully saturated rings. The first-order valence-corrected chi connectivity index (χ1v) is 6.69. The molecule has 0 saturated carbocycles. The number of aliphatic hydroxyl groups is 1. The smallest absolute Gasteiger partial charge is 0.131 e. The molecule has 0 aliphatic rings. The summed E-state index contributed by atoms with van der Waals surface area (Å²) in [6, 6.07) is 12.0. The van der Waals surface area contributed by atoms with Crippen molar-refractivity contribution in [1.29, 1.82) is 0 Å². The molecule has 2 N–H and O–H groups in total. The molecule has 4 heteroatoms. The van der Waals surface area contributed by atoms with Crippen LogP contribution in [0.1, 0.15) is 11.3 Å². The van der Waals surface area contributed by atoms with E-state index in [1.54, 1.807) is 6.26 Å². The fourth-order valence-corrected chi connectivity index (χ4v) is 2.13. The molecule has 0 unspecified atom stereocenters. The summed E-state index contributed by atoms with van der Waals surface area (Å²) in [6.07, 6.45) is 2.45. The van der Waals surface area contributed by atoms with E-state index >= 15 is 0 Å². The third-order valence-electron chi connectivity index (χ3n) is 2.79. The Hall–Kier alpha value is -1.10. The fourth-order valence-electron chi connectivity index (χ4n) is 1.79. The van der Waals surface area contributed by atoms with Crippen molar-refractivity contribution in [2.75, 3.05) is 6.61 Å². The number of nitrogens with one attached hydrogen (secondary N) is 1. The fraction of sp³-hybridized carbons (Fsp3) is 0.286. The van der Waals surface area contributed by atoms with E-state index in [1.807, 2.05) is 24.3 Å². The van der Waals surface area contributed by atoms with E-state index < -0.39 is 0 Å². The molecule has 0 aliphatic heterocycles. The van der Waals surface area contributed by atoms with E-state index in [2.05, 4.69) is 33.4 Å². The van der Waals surface area contributed by atoms with Crippen LogP contribution in [-0.4, -0.2) is 17.8 Å². The molecule has 1 aromatic carbocycles. The Morgan fingerprint density at radius 2 is 2.00 bits per heavy atom. The van der Waals surface area contributed by atoms with Crippen molar-refractivity contribution in [2.24, 2.45) is 0 Å². The second-order valence-corrected chi connectivity index (χ2v) is 5.00. The largest absolute Gasteiger partial charge is 0.467 e. The molecular formula is C14H16BrNO2. The lowest BCUT2D eigenvalue weighted by Crippen LogP contribution is -2.33. The Labute approximate surface area is 115 Å². The highest BCUT2D eigenvalue weighted by Gasteiger charge is 2.10. The second-order valence-electron chi connectivity index (χ2n) is 4.14. The van der Waals surface area contributed by atoms with Crippen LogP contribution in [-0.2, 0) is 13.0 Å².